The molecule has 0 amide bonds. The van der Waals surface area contributed by atoms with Crippen LogP contribution in [0.3, 0.4) is 0 Å². The molecule has 2 heterocycles. The van der Waals surface area contributed by atoms with Crippen molar-refractivity contribution in [2.45, 2.75) is 0 Å². The average Bonchev–Trinajstić information content (AvgIpc) is 3.54. The number of nitrogens with zero attached hydrogens (tertiary/aromatic N) is 3. The smallest absolute Gasteiger partial charge is 0.164 e. The molecule has 0 aliphatic heterocycles. The van der Waals surface area contributed by atoms with Gasteiger partial charge in [-0.2, -0.15) is 0 Å². The van der Waals surface area contributed by atoms with Gasteiger partial charge < -0.3 is 4.42 Å². The third kappa shape index (κ3) is 4.93. The standard InChI is InChI=1S/C43H27N3O/c1-2-11-30(12-3-1)41-44-42(31-23-20-29(21-24-31)33-25-22-28-10-4-5-13-32(28)26-33)46-43(45-41)35-15-8-14-34(27-35)36-17-9-19-39-40(36)37-16-6-7-18-38(37)47-39/h1-27H. The largest absolute Gasteiger partial charge is 0.456 e. The monoisotopic (exact) mass is 601 g/mol. The molecular weight excluding hydrogens is 574 g/mol. The van der Waals surface area contributed by atoms with Gasteiger partial charge in [0.25, 0.3) is 0 Å². The van der Waals surface area contributed by atoms with Gasteiger partial charge in [-0.3, -0.25) is 0 Å². The summed E-state index contributed by atoms with van der Waals surface area (Å²) in [4.78, 5) is 15.0. The van der Waals surface area contributed by atoms with E-state index in [1.54, 1.807) is 0 Å². The van der Waals surface area contributed by atoms with Crippen molar-refractivity contribution >= 4 is 32.7 Å². The summed E-state index contributed by atoms with van der Waals surface area (Å²) in [6, 6.07) is 56.4. The number of furan rings is 1. The zero-order valence-electron chi connectivity index (χ0n) is 25.3. The van der Waals surface area contributed by atoms with Gasteiger partial charge in [-0.1, -0.05) is 140 Å². The number of aromatic nitrogens is 3. The molecule has 0 atom stereocenters. The van der Waals surface area contributed by atoms with Crippen LogP contribution in [-0.2, 0) is 0 Å². The van der Waals surface area contributed by atoms with Gasteiger partial charge in [0.1, 0.15) is 11.2 Å². The normalized spacial score (nSPS) is 11.4. The van der Waals surface area contributed by atoms with Gasteiger partial charge in [0.15, 0.2) is 17.5 Å². The first-order valence-corrected chi connectivity index (χ1v) is 15.7. The van der Waals surface area contributed by atoms with E-state index in [0.29, 0.717) is 17.5 Å². The molecule has 7 aromatic carbocycles. The number of benzene rings is 7. The molecule has 0 fully saturated rings. The first-order valence-electron chi connectivity index (χ1n) is 15.7. The van der Waals surface area contributed by atoms with E-state index in [4.69, 9.17) is 19.4 Å². The summed E-state index contributed by atoms with van der Waals surface area (Å²) in [5.74, 6) is 1.89. The summed E-state index contributed by atoms with van der Waals surface area (Å²) < 4.78 is 6.18. The molecular formula is C43H27N3O. The number of rotatable bonds is 5. The molecule has 0 aliphatic carbocycles. The topological polar surface area (TPSA) is 51.8 Å². The molecule has 0 radical (unpaired) electrons. The van der Waals surface area contributed by atoms with Crippen molar-refractivity contribution < 1.29 is 4.42 Å². The Bertz CT molecular complexity index is 2570. The quantitative estimate of drug-likeness (QED) is 0.197. The molecule has 0 unspecified atom stereocenters. The van der Waals surface area contributed by atoms with Crippen LogP contribution in [0.1, 0.15) is 0 Å². The van der Waals surface area contributed by atoms with E-state index in [-0.39, 0.29) is 0 Å². The lowest BCUT2D eigenvalue weighted by molar-refractivity contribution is 0.669. The second-order valence-electron chi connectivity index (χ2n) is 11.7. The lowest BCUT2D eigenvalue weighted by Gasteiger charge is -2.11. The van der Waals surface area contributed by atoms with E-state index in [2.05, 4.69) is 109 Å². The summed E-state index contributed by atoms with van der Waals surface area (Å²) >= 11 is 0. The third-order valence-corrected chi connectivity index (χ3v) is 8.73. The molecule has 0 N–H and O–H groups in total. The molecule has 0 saturated carbocycles. The van der Waals surface area contributed by atoms with Gasteiger partial charge in [0, 0.05) is 27.5 Å². The molecule has 220 valence electrons. The Kier molecular flexibility index (Phi) is 6.43. The Labute approximate surface area is 271 Å². The van der Waals surface area contributed by atoms with Crippen LogP contribution in [0.15, 0.2) is 168 Å². The molecule has 0 aliphatic rings. The zero-order valence-corrected chi connectivity index (χ0v) is 25.3. The molecule has 0 bridgehead atoms. The van der Waals surface area contributed by atoms with Crippen LogP contribution in [0.2, 0.25) is 0 Å². The van der Waals surface area contributed by atoms with Crippen LogP contribution in [0, 0.1) is 0 Å². The van der Waals surface area contributed by atoms with Crippen LogP contribution in [0.4, 0.5) is 0 Å². The van der Waals surface area contributed by atoms with E-state index in [1.165, 1.54) is 16.3 Å². The van der Waals surface area contributed by atoms with Crippen molar-refractivity contribution in [1.29, 1.82) is 0 Å². The minimum atomic E-state index is 0.624. The highest BCUT2D eigenvalue weighted by atomic mass is 16.3. The van der Waals surface area contributed by atoms with Crippen LogP contribution in [-0.4, -0.2) is 15.0 Å². The fraction of sp³-hybridized carbons (Fsp3) is 0. The van der Waals surface area contributed by atoms with E-state index >= 15 is 0 Å². The average molecular weight is 602 g/mol. The maximum Gasteiger partial charge on any atom is 0.164 e. The SMILES string of the molecule is c1ccc(-c2nc(-c3ccc(-c4ccc5ccccc5c4)cc3)nc(-c3cccc(-c4cccc5oc6ccccc6c45)c3)n2)cc1. The first-order chi connectivity index (χ1) is 23.3. The molecule has 4 nitrogen and oxygen atoms in total. The van der Waals surface area contributed by atoms with E-state index in [1.807, 2.05) is 54.6 Å². The summed E-state index contributed by atoms with van der Waals surface area (Å²) in [5.41, 5.74) is 9.04. The molecule has 4 heteroatoms. The minimum Gasteiger partial charge on any atom is -0.456 e. The van der Waals surface area contributed by atoms with Gasteiger partial charge in [0.2, 0.25) is 0 Å². The predicted octanol–water partition coefficient (Wildman–Crippen LogP) is 11.3. The number of hydrogen-bond donors (Lipinski definition) is 0. The third-order valence-electron chi connectivity index (χ3n) is 8.73. The van der Waals surface area contributed by atoms with Crippen molar-refractivity contribution in [2.75, 3.05) is 0 Å². The van der Waals surface area contributed by atoms with Crippen LogP contribution in [0.25, 0.3) is 89.1 Å². The van der Waals surface area contributed by atoms with Gasteiger partial charge in [-0.05, 0) is 57.3 Å². The Morgan fingerprint density at radius 2 is 0.915 bits per heavy atom. The van der Waals surface area contributed by atoms with E-state index in [0.717, 1.165) is 55.3 Å². The molecule has 0 spiro atoms. The number of fused-ring (bicyclic) bond motifs is 4. The fourth-order valence-electron chi connectivity index (χ4n) is 6.37. The van der Waals surface area contributed by atoms with Gasteiger partial charge >= 0.3 is 0 Å². The summed E-state index contributed by atoms with van der Waals surface area (Å²) in [7, 11) is 0. The summed E-state index contributed by atoms with van der Waals surface area (Å²) in [6.45, 7) is 0. The second kappa shape index (κ2) is 11.2. The minimum absolute atomic E-state index is 0.624. The highest BCUT2D eigenvalue weighted by Gasteiger charge is 2.16. The predicted molar refractivity (Wildman–Crippen MR) is 192 cm³/mol. The van der Waals surface area contributed by atoms with Crippen LogP contribution >= 0.6 is 0 Å². The Balaban J connectivity index is 1.15. The molecule has 9 aromatic rings. The van der Waals surface area contributed by atoms with Crippen molar-refractivity contribution in [1.82, 2.24) is 15.0 Å². The van der Waals surface area contributed by atoms with Crippen LogP contribution in [0.5, 0.6) is 0 Å². The molecule has 0 saturated heterocycles. The number of para-hydroxylation sites is 1. The van der Waals surface area contributed by atoms with Gasteiger partial charge in [-0.15, -0.1) is 0 Å². The first kappa shape index (κ1) is 27.0. The molecule has 47 heavy (non-hydrogen) atoms. The Morgan fingerprint density at radius 1 is 0.340 bits per heavy atom. The van der Waals surface area contributed by atoms with Crippen molar-refractivity contribution in [3.63, 3.8) is 0 Å². The summed E-state index contributed by atoms with van der Waals surface area (Å²) in [6.07, 6.45) is 0. The Morgan fingerprint density at radius 3 is 1.74 bits per heavy atom. The van der Waals surface area contributed by atoms with E-state index < -0.39 is 0 Å². The second-order valence-corrected chi connectivity index (χ2v) is 11.7. The lowest BCUT2D eigenvalue weighted by atomic mass is 9.98. The zero-order chi connectivity index (χ0) is 31.2. The van der Waals surface area contributed by atoms with Gasteiger partial charge in [-0.25, -0.2) is 15.0 Å². The number of hydrogen-bond acceptors (Lipinski definition) is 4. The van der Waals surface area contributed by atoms with Crippen LogP contribution < -0.4 is 0 Å². The van der Waals surface area contributed by atoms with Crippen molar-refractivity contribution in [3.8, 4) is 56.4 Å². The maximum atomic E-state index is 6.18. The molecule has 9 rings (SSSR count). The fourth-order valence-corrected chi connectivity index (χ4v) is 6.37. The van der Waals surface area contributed by atoms with E-state index in [9.17, 15) is 0 Å². The summed E-state index contributed by atoms with van der Waals surface area (Å²) in [5, 5.41) is 4.67. The lowest BCUT2D eigenvalue weighted by Crippen LogP contribution is -2.00. The van der Waals surface area contributed by atoms with Gasteiger partial charge in [0.05, 0.1) is 0 Å². The van der Waals surface area contributed by atoms with Crippen molar-refractivity contribution in [2.24, 2.45) is 0 Å². The highest BCUT2D eigenvalue weighted by Crippen LogP contribution is 2.38. The maximum absolute atomic E-state index is 6.18. The van der Waals surface area contributed by atoms with Crippen molar-refractivity contribution in [3.05, 3.63) is 164 Å². The highest BCUT2D eigenvalue weighted by molar-refractivity contribution is 6.12. The molecule has 2 aromatic heterocycles. The Hall–Kier alpha value is -6.39.